The van der Waals surface area contributed by atoms with E-state index < -0.39 is 0 Å². The molecule has 5 nitrogen and oxygen atoms in total. The lowest BCUT2D eigenvalue weighted by Crippen LogP contribution is -1.91. The molecule has 0 unspecified atom stereocenters. The summed E-state index contributed by atoms with van der Waals surface area (Å²) in [6.45, 7) is 4.36. The zero-order valence-corrected chi connectivity index (χ0v) is 12.8. The summed E-state index contributed by atoms with van der Waals surface area (Å²) >= 11 is 1.61. The molecule has 0 aliphatic rings. The maximum absolute atomic E-state index is 5.33. The Morgan fingerprint density at radius 3 is 2.95 bits per heavy atom. The summed E-state index contributed by atoms with van der Waals surface area (Å²) in [5, 5.41) is 5.13. The number of nitrogens with zero attached hydrogens (tertiary/aromatic N) is 4. The van der Waals surface area contributed by atoms with Gasteiger partial charge in [-0.15, -0.1) is 11.3 Å². The molecule has 0 amide bonds. The predicted molar refractivity (Wildman–Crippen MR) is 81.0 cm³/mol. The van der Waals surface area contributed by atoms with Gasteiger partial charge < -0.3 is 4.52 Å². The van der Waals surface area contributed by atoms with Crippen LogP contribution in [-0.2, 0) is 12.8 Å². The Labute approximate surface area is 127 Å². The van der Waals surface area contributed by atoms with Crippen LogP contribution in [0, 0.1) is 5.92 Å². The van der Waals surface area contributed by atoms with Crippen molar-refractivity contribution in [2.24, 2.45) is 5.92 Å². The molecule has 3 heterocycles. The highest BCUT2D eigenvalue weighted by Gasteiger charge is 2.13. The first-order valence-corrected chi connectivity index (χ1v) is 7.69. The van der Waals surface area contributed by atoms with Crippen LogP contribution in [0.15, 0.2) is 35.2 Å². The Morgan fingerprint density at radius 2 is 2.19 bits per heavy atom. The van der Waals surface area contributed by atoms with Crippen LogP contribution in [0.25, 0.3) is 10.8 Å². The number of aromatic nitrogens is 4. The first-order valence-electron chi connectivity index (χ1n) is 6.87. The van der Waals surface area contributed by atoms with Gasteiger partial charge in [-0.25, -0.2) is 4.98 Å². The minimum Gasteiger partial charge on any atom is -0.333 e. The van der Waals surface area contributed by atoms with Crippen LogP contribution >= 0.6 is 11.3 Å². The molecule has 21 heavy (non-hydrogen) atoms. The van der Waals surface area contributed by atoms with Gasteiger partial charge >= 0.3 is 0 Å². The highest BCUT2D eigenvalue weighted by Crippen LogP contribution is 2.26. The Kier molecular flexibility index (Phi) is 4.06. The van der Waals surface area contributed by atoms with Crippen LogP contribution in [0.2, 0.25) is 0 Å². The van der Waals surface area contributed by atoms with Gasteiger partial charge in [-0.1, -0.05) is 25.1 Å². The van der Waals surface area contributed by atoms with E-state index in [1.165, 1.54) is 0 Å². The quantitative estimate of drug-likeness (QED) is 0.722. The van der Waals surface area contributed by atoms with Crippen LogP contribution in [0.1, 0.15) is 30.2 Å². The van der Waals surface area contributed by atoms with Crippen molar-refractivity contribution < 1.29 is 4.52 Å². The van der Waals surface area contributed by atoms with E-state index in [0.717, 1.165) is 21.9 Å². The Balaban J connectivity index is 1.74. The second kappa shape index (κ2) is 6.13. The predicted octanol–water partition coefficient (Wildman–Crippen LogP) is 3.38. The van der Waals surface area contributed by atoms with Crippen molar-refractivity contribution in [2.45, 2.75) is 26.7 Å². The van der Waals surface area contributed by atoms with E-state index >= 15 is 0 Å². The lowest BCUT2D eigenvalue weighted by Gasteiger charge is -1.97. The molecule has 0 saturated carbocycles. The Bertz CT molecular complexity index is 705. The molecule has 108 valence electrons. The highest BCUT2D eigenvalue weighted by molar-refractivity contribution is 7.15. The van der Waals surface area contributed by atoms with Crippen molar-refractivity contribution in [3.63, 3.8) is 0 Å². The number of pyridine rings is 1. The molecule has 0 aromatic carbocycles. The maximum Gasteiger partial charge on any atom is 0.269 e. The van der Waals surface area contributed by atoms with Gasteiger partial charge in [-0.05, 0) is 17.5 Å². The van der Waals surface area contributed by atoms with Crippen molar-refractivity contribution in [1.82, 2.24) is 20.1 Å². The monoisotopic (exact) mass is 300 g/mol. The second-order valence-corrected chi connectivity index (χ2v) is 6.39. The van der Waals surface area contributed by atoms with E-state index in [9.17, 15) is 0 Å². The van der Waals surface area contributed by atoms with Crippen LogP contribution in [0.4, 0.5) is 0 Å². The summed E-state index contributed by atoms with van der Waals surface area (Å²) < 4.78 is 5.33. The van der Waals surface area contributed by atoms with Crippen LogP contribution in [0.5, 0.6) is 0 Å². The van der Waals surface area contributed by atoms with Crippen molar-refractivity contribution in [3.05, 3.63) is 47.1 Å². The third kappa shape index (κ3) is 3.52. The first kappa shape index (κ1) is 13.9. The van der Waals surface area contributed by atoms with Gasteiger partial charge in [0.05, 0.1) is 11.2 Å². The van der Waals surface area contributed by atoms with Crippen molar-refractivity contribution in [3.8, 4) is 10.8 Å². The van der Waals surface area contributed by atoms with E-state index in [4.69, 9.17) is 4.52 Å². The van der Waals surface area contributed by atoms with Gasteiger partial charge in [0.1, 0.15) is 4.88 Å². The molecule has 0 spiro atoms. The summed E-state index contributed by atoms with van der Waals surface area (Å²) in [7, 11) is 0. The molecule has 0 saturated heterocycles. The molecule has 0 radical (unpaired) electrons. The van der Waals surface area contributed by atoms with Crippen LogP contribution in [0.3, 0.4) is 0 Å². The minimum absolute atomic E-state index is 0.543. The van der Waals surface area contributed by atoms with Gasteiger partial charge in [-0.2, -0.15) is 4.98 Å². The first-order chi connectivity index (χ1) is 10.2. The largest absolute Gasteiger partial charge is 0.333 e. The topological polar surface area (TPSA) is 64.7 Å². The fraction of sp³-hybridized carbons (Fsp3) is 0.333. The van der Waals surface area contributed by atoms with E-state index in [0.29, 0.717) is 24.1 Å². The molecule has 0 bridgehead atoms. The molecule has 3 aromatic rings. The summed E-state index contributed by atoms with van der Waals surface area (Å²) in [4.78, 5) is 13.8. The number of thiazole rings is 1. The average molecular weight is 300 g/mol. The molecule has 0 aliphatic carbocycles. The molecule has 3 aromatic heterocycles. The summed E-state index contributed by atoms with van der Waals surface area (Å²) in [5.74, 6) is 1.80. The molecule has 0 fully saturated rings. The SMILES string of the molecule is CC(C)Cc1ncc(-c2nc(Cc3cccnc3)no2)s1. The normalized spacial score (nSPS) is 11.2. The van der Waals surface area contributed by atoms with Crippen molar-refractivity contribution in [1.29, 1.82) is 0 Å². The van der Waals surface area contributed by atoms with Gasteiger partial charge in [0.25, 0.3) is 5.89 Å². The maximum atomic E-state index is 5.33. The third-order valence-corrected chi connectivity index (χ3v) is 3.91. The van der Waals surface area contributed by atoms with Crippen molar-refractivity contribution >= 4 is 11.3 Å². The van der Waals surface area contributed by atoms with Crippen LogP contribution < -0.4 is 0 Å². The van der Waals surface area contributed by atoms with Crippen molar-refractivity contribution in [2.75, 3.05) is 0 Å². The molecule has 0 aliphatic heterocycles. The van der Waals surface area contributed by atoms with Gasteiger partial charge in [-0.3, -0.25) is 4.98 Å². The summed E-state index contributed by atoms with van der Waals surface area (Å²) in [6, 6.07) is 3.90. The molecular formula is C15H16N4OS. The smallest absolute Gasteiger partial charge is 0.269 e. The second-order valence-electron chi connectivity index (χ2n) is 5.27. The fourth-order valence-electron chi connectivity index (χ4n) is 1.96. The molecule has 6 heteroatoms. The summed E-state index contributed by atoms with van der Waals surface area (Å²) in [6.07, 6.45) is 6.96. The average Bonchev–Trinajstić information content (AvgIpc) is 3.08. The minimum atomic E-state index is 0.543. The Hall–Kier alpha value is -2.08. The third-order valence-electron chi connectivity index (χ3n) is 2.90. The standard InChI is InChI=1S/C15H16N4OS/c1-10(2)6-14-17-9-12(21-14)15-18-13(19-20-15)7-11-4-3-5-16-8-11/h3-5,8-10H,6-7H2,1-2H3. The molecule has 0 N–H and O–H groups in total. The van der Waals surface area contributed by atoms with E-state index in [-0.39, 0.29) is 0 Å². The van der Waals surface area contributed by atoms with Gasteiger partial charge in [0.15, 0.2) is 5.82 Å². The zero-order valence-electron chi connectivity index (χ0n) is 12.0. The number of hydrogen-bond donors (Lipinski definition) is 0. The molecule has 3 rings (SSSR count). The fourth-order valence-corrected chi connectivity index (χ4v) is 3.02. The summed E-state index contributed by atoms with van der Waals surface area (Å²) in [5.41, 5.74) is 1.06. The lowest BCUT2D eigenvalue weighted by molar-refractivity contribution is 0.424. The van der Waals surface area contributed by atoms with Gasteiger partial charge in [0.2, 0.25) is 0 Å². The Morgan fingerprint density at radius 1 is 1.29 bits per heavy atom. The van der Waals surface area contributed by atoms with E-state index in [2.05, 4.69) is 34.0 Å². The zero-order chi connectivity index (χ0) is 14.7. The number of rotatable bonds is 5. The van der Waals surface area contributed by atoms with E-state index in [1.54, 1.807) is 17.5 Å². The molecular weight excluding hydrogens is 284 g/mol. The number of hydrogen-bond acceptors (Lipinski definition) is 6. The highest BCUT2D eigenvalue weighted by atomic mass is 32.1. The van der Waals surface area contributed by atoms with Gasteiger partial charge in [0, 0.05) is 25.2 Å². The lowest BCUT2D eigenvalue weighted by atomic mass is 10.1. The van der Waals surface area contributed by atoms with E-state index in [1.807, 2.05) is 24.5 Å². The van der Waals surface area contributed by atoms with Crippen LogP contribution in [-0.4, -0.2) is 20.1 Å². The molecule has 0 atom stereocenters.